The molecule has 3 aliphatic heterocycles. The van der Waals surface area contributed by atoms with Gasteiger partial charge in [0.1, 0.15) is 13.2 Å². The minimum absolute atomic E-state index is 0.103. The van der Waals surface area contributed by atoms with Gasteiger partial charge in [-0.15, -0.1) is 0 Å². The van der Waals surface area contributed by atoms with Gasteiger partial charge in [0.25, 0.3) is 11.6 Å². The molecule has 2 amide bonds. The van der Waals surface area contributed by atoms with Crippen molar-refractivity contribution in [3.8, 4) is 11.5 Å². The van der Waals surface area contributed by atoms with Crippen LogP contribution in [-0.2, 0) is 16.0 Å². The lowest BCUT2D eigenvalue weighted by molar-refractivity contribution is -0.384. The average Bonchev–Trinajstić information content (AvgIpc) is 3.31. The number of nitrogens with one attached hydrogen (secondary N) is 2. The van der Waals surface area contributed by atoms with Gasteiger partial charge in [-0.1, -0.05) is 12.1 Å². The Kier molecular flexibility index (Phi) is 7.02. The summed E-state index contributed by atoms with van der Waals surface area (Å²) in [4.78, 5) is 41.0. The van der Waals surface area contributed by atoms with Crippen LogP contribution < -0.4 is 20.1 Å². The monoisotopic (exact) mass is 555 g/mol. The maximum atomic E-state index is 13.3. The number of hydrogen-bond acceptors (Lipinski definition) is 8. The quantitative estimate of drug-likeness (QED) is 0.268. The summed E-state index contributed by atoms with van der Waals surface area (Å²) in [5, 5.41) is 17.5. The Morgan fingerprint density at radius 3 is 2.44 bits per heavy atom. The molecular formula is C30H29N5O6. The molecule has 2 N–H and O–H groups in total. The zero-order valence-corrected chi connectivity index (χ0v) is 22.5. The zero-order chi connectivity index (χ0) is 28.5. The summed E-state index contributed by atoms with van der Waals surface area (Å²) >= 11 is 0. The van der Waals surface area contributed by atoms with Crippen LogP contribution >= 0.6 is 0 Å². The highest BCUT2D eigenvalue weighted by Crippen LogP contribution is 2.41. The second kappa shape index (κ2) is 10.9. The fourth-order valence-corrected chi connectivity index (χ4v) is 5.19. The van der Waals surface area contributed by atoms with Crippen LogP contribution in [0.15, 0.2) is 60.7 Å². The first-order chi connectivity index (χ1) is 19.9. The van der Waals surface area contributed by atoms with Crippen LogP contribution in [-0.4, -0.2) is 73.0 Å². The third-order valence-corrected chi connectivity index (χ3v) is 7.47. The van der Waals surface area contributed by atoms with Crippen LogP contribution in [0.3, 0.4) is 0 Å². The fourth-order valence-electron chi connectivity index (χ4n) is 5.19. The van der Waals surface area contributed by atoms with Gasteiger partial charge in [-0.2, -0.15) is 0 Å². The molecule has 0 atom stereocenters. The van der Waals surface area contributed by atoms with Crippen LogP contribution in [0.2, 0.25) is 0 Å². The SMILES string of the molecule is CN1CCN(C(=O)Cc2ccc(N/C(=C3\C(=O)Nc4cc([N+](=O)[O-])ccc43)c3ccc4c(c3)OCCO4)cc2)CC1. The zero-order valence-electron chi connectivity index (χ0n) is 22.5. The predicted molar refractivity (Wildman–Crippen MR) is 154 cm³/mol. The van der Waals surface area contributed by atoms with Gasteiger partial charge >= 0.3 is 0 Å². The topological polar surface area (TPSA) is 126 Å². The summed E-state index contributed by atoms with van der Waals surface area (Å²) in [6.45, 7) is 4.07. The number of hydrogen-bond donors (Lipinski definition) is 2. The number of anilines is 2. The van der Waals surface area contributed by atoms with E-state index in [4.69, 9.17) is 9.47 Å². The van der Waals surface area contributed by atoms with Crippen molar-refractivity contribution in [2.45, 2.75) is 6.42 Å². The number of nitro benzene ring substituents is 1. The number of amides is 2. The molecule has 3 aromatic carbocycles. The van der Waals surface area contributed by atoms with Crippen molar-refractivity contribution in [1.29, 1.82) is 0 Å². The summed E-state index contributed by atoms with van der Waals surface area (Å²) in [5.74, 6) is 0.901. The lowest BCUT2D eigenvalue weighted by Gasteiger charge is -2.32. The van der Waals surface area contributed by atoms with E-state index in [-0.39, 0.29) is 17.5 Å². The molecule has 3 aliphatic rings. The van der Waals surface area contributed by atoms with E-state index in [1.807, 2.05) is 41.3 Å². The molecule has 210 valence electrons. The number of piperazine rings is 1. The standard InChI is InChI=1S/C30H29N5O6/c1-33-10-12-34(13-11-33)27(36)16-19-2-5-21(6-3-19)31-29(20-4-9-25-26(17-20)41-15-14-40-25)28-23-8-7-22(35(38)39)18-24(23)32-30(28)37/h2-9,17-18,31H,10-16H2,1H3,(H,32,37)/b29-28-. The maximum Gasteiger partial charge on any atom is 0.271 e. The summed E-state index contributed by atoms with van der Waals surface area (Å²) in [6, 6.07) is 17.3. The van der Waals surface area contributed by atoms with Crippen molar-refractivity contribution in [2.24, 2.45) is 0 Å². The smallest absolute Gasteiger partial charge is 0.271 e. The Morgan fingerprint density at radius 1 is 0.976 bits per heavy atom. The van der Waals surface area contributed by atoms with Crippen LogP contribution in [0, 0.1) is 10.1 Å². The molecule has 3 heterocycles. The molecule has 0 spiro atoms. The number of benzene rings is 3. The van der Waals surface area contributed by atoms with Gasteiger partial charge in [-0.3, -0.25) is 19.7 Å². The van der Waals surface area contributed by atoms with E-state index >= 15 is 0 Å². The molecule has 0 radical (unpaired) electrons. The molecular weight excluding hydrogens is 526 g/mol. The normalized spacial score (nSPS) is 17.5. The second-order valence-electron chi connectivity index (χ2n) is 10.2. The van der Waals surface area contributed by atoms with E-state index < -0.39 is 4.92 Å². The lowest BCUT2D eigenvalue weighted by Crippen LogP contribution is -2.47. The molecule has 11 heteroatoms. The van der Waals surface area contributed by atoms with Crippen LogP contribution in [0.1, 0.15) is 16.7 Å². The summed E-state index contributed by atoms with van der Waals surface area (Å²) in [6.07, 6.45) is 0.314. The van der Waals surface area contributed by atoms with Gasteiger partial charge in [0.15, 0.2) is 11.5 Å². The molecule has 6 rings (SSSR count). The molecule has 1 fully saturated rings. The Bertz CT molecular complexity index is 1560. The number of non-ortho nitro benzene ring substituents is 1. The lowest BCUT2D eigenvalue weighted by atomic mass is 9.99. The number of likely N-dealkylation sites (N-methyl/N-ethyl adjacent to an activating group) is 1. The van der Waals surface area contributed by atoms with Gasteiger partial charge in [-0.25, -0.2) is 0 Å². The minimum atomic E-state index is -0.496. The van der Waals surface area contributed by atoms with Gasteiger partial charge in [0.05, 0.1) is 28.3 Å². The molecule has 11 nitrogen and oxygen atoms in total. The van der Waals surface area contributed by atoms with Crippen molar-refractivity contribution in [1.82, 2.24) is 9.80 Å². The van der Waals surface area contributed by atoms with Crippen molar-refractivity contribution >= 4 is 40.1 Å². The molecule has 0 bridgehead atoms. The second-order valence-corrected chi connectivity index (χ2v) is 10.2. The molecule has 41 heavy (non-hydrogen) atoms. The van der Waals surface area contributed by atoms with Gasteiger partial charge < -0.3 is 29.9 Å². The Labute approximate surface area is 236 Å². The van der Waals surface area contributed by atoms with Crippen molar-refractivity contribution < 1.29 is 24.0 Å². The number of rotatable bonds is 6. The number of fused-ring (bicyclic) bond motifs is 2. The van der Waals surface area contributed by atoms with Crippen LogP contribution in [0.4, 0.5) is 17.1 Å². The molecule has 0 saturated carbocycles. The van der Waals surface area contributed by atoms with Crippen molar-refractivity contribution in [3.05, 3.63) is 87.5 Å². The molecule has 0 unspecified atom stereocenters. The number of carbonyl (C=O) groups excluding carboxylic acids is 2. The van der Waals surface area contributed by atoms with Gasteiger partial charge in [-0.05, 0) is 49.0 Å². The highest BCUT2D eigenvalue weighted by Gasteiger charge is 2.30. The van der Waals surface area contributed by atoms with E-state index in [9.17, 15) is 19.7 Å². The first-order valence-electron chi connectivity index (χ1n) is 13.4. The highest BCUT2D eigenvalue weighted by molar-refractivity contribution is 6.37. The third-order valence-electron chi connectivity index (χ3n) is 7.47. The minimum Gasteiger partial charge on any atom is -0.486 e. The fraction of sp³-hybridized carbons (Fsp3) is 0.267. The molecule has 0 aromatic heterocycles. The van der Waals surface area contributed by atoms with E-state index in [0.29, 0.717) is 64.9 Å². The number of ether oxygens (including phenoxy) is 2. The Morgan fingerprint density at radius 2 is 1.71 bits per heavy atom. The van der Waals surface area contributed by atoms with E-state index in [0.717, 1.165) is 31.7 Å². The van der Waals surface area contributed by atoms with E-state index in [2.05, 4.69) is 22.6 Å². The van der Waals surface area contributed by atoms with E-state index in [1.165, 1.54) is 12.1 Å². The molecule has 0 aliphatic carbocycles. The number of nitrogens with zero attached hydrogens (tertiary/aromatic N) is 3. The Balaban J connectivity index is 1.32. The highest BCUT2D eigenvalue weighted by atomic mass is 16.6. The third kappa shape index (κ3) is 5.44. The van der Waals surface area contributed by atoms with Gasteiger partial charge in [0, 0.05) is 55.1 Å². The predicted octanol–water partition coefficient (Wildman–Crippen LogP) is 3.62. The summed E-state index contributed by atoms with van der Waals surface area (Å²) in [5.41, 5.74) is 3.95. The molecule has 3 aromatic rings. The first-order valence-corrected chi connectivity index (χ1v) is 13.4. The maximum absolute atomic E-state index is 13.3. The van der Waals surface area contributed by atoms with Crippen LogP contribution in [0.5, 0.6) is 11.5 Å². The van der Waals surface area contributed by atoms with Crippen LogP contribution in [0.25, 0.3) is 11.3 Å². The average molecular weight is 556 g/mol. The largest absolute Gasteiger partial charge is 0.486 e. The first kappa shape index (κ1) is 26.3. The summed E-state index contributed by atoms with van der Waals surface area (Å²) < 4.78 is 11.5. The molecule has 1 saturated heterocycles. The van der Waals surface area contributed by atoms with E-state index in [1.54, 1.807) is 12.1 Å². The Hall–Kier alpha value is -4.90. The van der Waals surface area contributed by atoms with Crippen molar-refractivity contribution in [3.63, 3.8) is 0 Å². The van der Waals surface area contributed by atoms with Gasteiger partial charge in [0.2, 0.25) is 5.91 Å². The van der Waals surface area contributed by atoms with Crippen molar-refractivity contribution in [2.75, 3.05) is 57.1 Å². The number of carbonyl (C=O) groups is 2. The summed E-state index contributed by atoms with van der Waals surface area (Å²) in [7, 11) is 2.06. The number of nitro groups is 1.